The lowest BCUT2D eigenvalue weighted by Gasteiger charge is -2.37. The molecule has 1 heterocycles. The molecule has 1 amide bonds. The topological polar surface area (TPSA) is 49.6 Å². The Kier molecular flexibility index (Phi) is 7.11. The van der Waals surface area contributed by atoms with E-state index in [0.717, 1.165) is 32.1 Å². The average Bonchev–Trinajstić information content (AvgIpc) is 2.40. The fourth-order valence-electron chi connectivity index (χ4n) is 3.17. The lowest BCUT2D eigenvalue weighted by Crippen LogP contribution is -2.53. The smallest absolute Gasteiger partial charge is 0.239 e. The number of nitrogens with zero attached hydrogens (tertiary/aromatic N) is 2. The second-order valence-corrected chi connectivity index (χ2v) is 5.92. The van der Waals surface area contributed by atoms with Gasteiger partial charge < -0.3 is 10.6 Å². The number of hydrogen-bond donors (Lipinski definition) is 1. The van der Waals surface area contributed by atoms with E-state index in [2.05, 4.69) is 4.90 Å². The highest BCUT2D eigenvalue weighted by molar-refractivity contribution is 5.85. The second kappa shape index (κ2) is 8.08. The number of hydrogen-bond acceptors (Lipinski definition) is 3. The molecule has 1 saturated heterocycles. The van der Waals surface area contributed by atoms with Gasteiger partial charge in [-0.1, -0.05) is 19.3 Å². The zero-order valence-corrected chi connectivity index (χ0v) is 12.8. The number of amides is 1. The van der Waals surface area contributed by atoms with Gasteiger partial charge in [-0.3, -0.25) is 9.69 Å². The van der Waals surface area contributed by atoms with E-state index in [1.54, 1.807) is 6.92 Å². The summed E-state index contributed by atoms with van der Waals surface area (Å²) < 4.78 is 0. The van der Waals surface area contributed by atoms with Crippen LogP contribution < -0.4 is 5.73 Å². The fraction of sp³-hybridized carbons (Fsp3) is 0.929. The largest absolute Gasteiger partial charge is 0.339 e. The predicted molar refractivity (Wildman–Crippen MR) is 80.5 cm³/mol. The molecule has 5 heteroatoms. The first-order valence-corrected chi connectivity index (χ1v) is 7.43. The van der Waals surface area contributed by atoms with E-state index in [1.807, 2.05) is 4.90 Å². The third-order valence-electron chi connectivity index (χ3n) is 4.31. The summed E-state index contributed by atoms with van der Waals surface area (Å²) in [6, 6.07) is -0.352. The van der Waals surface area contributed by atoms with Gasteiger partial charge in [-0.15, -0.1) is 12.4 Å². The highest BCUT2D eigenvalue weighted by Gasteiger charge is 2.24. The summed E-state index contributed by atoms with van der Waals surface area (Å²) in [6.45, 7) is 6.76. The Morgan fingerprint density at radius 2 is 1.74 bits per heavy atom. The molecule has 1 atom stereocenters. The zero-order chi connectivity index (χ0) is 13.0. The number of carbonyl (C=O) groups is 1. The van der Waals surface area contributed by atoms with Crippen molar-refractivity contribution in [1.29, 1.82) is 0 Å². The minimum absolute atomic E-state index is 0. The first-order valence-electron chi connectivity index (χ1n) is 7.43. The number of rotatable bonds is 3. The van der Waals surface area contributed by atoms with Gasteiger partial charge in [0.1, 0.15) is 0 Å². The van der Waals surface area contributed by atoms with Crippen LogP contribution in [0.4, 0.5) is 0 Å². The number of carbonyl (C=O) groups excluding carboxylic acids is 1. The van der Waals surface area contributed by atoms with Gasteiger partial charge in [0.05, 0.1) is 6.04 Å². The Morgan fingerprint density at radius 1 is 1.16 bits per heavy atom. The van der Waals surface area contributed by atoms with E-state index >= 15 is 0 Å². The maximum absolute atomic E-state index is 11.8. The third-order valence-corrected chi connectivity index (χ3v) is 4.31. The Labute approximate surface area is 123 Å². The molecular formula is C14H28ClN3O. The van der Waals surface area contributed by atoms with Crippen molar-refractivity contribution in [2.75, 3.05) is 32.7 Å². The van der Waals surface area contributed by atoms with Crippen LogP contribution in [0, 0.1) is 5.92 Å². The molecule has 0 aromatic rings. The molecule has 1 saturated carbocycles. The summed E-state index contributed by atoms with van der Waals surface area (Å²) in [5.41, 5.74) is 5.65. The van der Waals surface area contributed by atoms with Crippen molar-refractivity contribution in [3.8, 4) is 0 Å². The molecule has 1 aliphatic heterocycles. The van der Waals surface area contributed by atoms with Gasteiger partial charge in [-0.25, -0.2) is 0 Å². The van der Waals surface area contributed by atoms with Crippen LogP contribution in [0.5, 0.6) is 0 Å². The van der Waals surface area contributed by atoms with Gasteiger partial charge in [0.25, 0.3) is 0 Å². The highest BCUT2D eigenvalue weighted by Crippen LogP contribution is 2.24. The van der Waals surface area contributed by atoms with Gasteiger partial charge in [0.2, 0.25) is 5.91 Å². The van der Waals surface area contributed by atoms with Gasteiger partial charge >= 0.3 is 0 Å². The van der Waals surface area contributed by atoms with E-state index in [4.69, 9.17) is 5.73 Å². The number of halogens is 1. The van der Waals surface area contributed by atoms with E-state index in [-0.39, 0.29) is 24.4 Å². The van der Waals surface area contributed by atoms with Gasteiger partial charge in [0.15, 0.2) is 0 Å². The Morgan fingerprint density at radius 3 is 2.26 bits per heavy atom. The lowest BCUT2D eigenvalue weighted by molar-refractivity contribution is -0.134. The standard InChI is InChI=1S/C14H27N3O.ClH/c1-12(15)14(18)17-9-7-16(8-10-17)11-13-5-3-2-4-6-13;/h12-13H,2-11,15H2,1H3;1H. The molecule has 1 aliphatic carbocycles. The molecule has 4 nitrogen and oxygen atoms in total. The van der Waals surface area contributed by atoms with Crippen LogP contribution in [0.25, 0.3) is 0 Å². The molecule has 2 fully saturated rings. The first-order chi connectivity index (χ1) is 8.66. The highest BCUT2D eigenvalue weighted by atomic mass is 35.5. The Hall–Kier alpha value is -0.320. The van der Waals surface area contributed by atoms with Crippen LogP contribution in [0.2, 0.25) is 0 Å². The molecule has 0 bridgehead atoms. The second-order valence-electron chi connectivity index (χ2n) is 5.92. The van der Waals surface area contributed by atoms with Crippen LogP contribution >= 0.6 is 12.4 Å². The maximum Gasteiger partial charge on any atom is 0.239 e. The molecule has 0 radical (unpaired) electrons. The summed E-state index contributed by atoms with van der Waals surface area (Å²) in [7, 11) is 0. The summed E-state index contributed by atoms with van der Waals surface area (Å²) in [5, 5.41) is 0. The van der Waals surface area contributed by atoms with Crippen molar-refractivity contribution in [3.63, 3.8) is 0 Å². The van der Waals surface area contributed by atoms with Gasteiger partial charge in [0, 0.05) is 32.7 Å². The van der Waals surface area contributed by atoms with Crippen LogP contribution in [0.15, 0.2) is 0 Å². The van der Waals surface area contributed by atoms with Crippen LogP contribution in [-0.4, -0.2) is 54.5 Å². The minimum Gasteiger partial charge on any atom is -0.339 e. The first kappa shape index (κ1) is 16.7. The predicted octanol–water partition coefficient (Wildman–Crippen LogP) is 1.48. The monoisotopic (exact) mass is 289 g/mol. The normalized spacial score (nSPS) is 23.8. The molecule has 1 unspecified atom stereocenters. The van der Waals surface area contributed by atoms with Crippen molar-refractivity contribution >= 4 is 18.3 Å². The average molecular weight is 290 g/mol. The molecule has 2 rings (SSSR count). The summed E-state index contributed by atoms with van der Waals surface area (Å²) in [6.07, 6.45) is 7.05. The molecule has 0 spiro atoms. The summed E-state index contributed by atoms with van der Waals surface area (Å²) >= 11 is 0. The van der Waals surface area contributed by atoms with Crippen molar-refractivity contribution in [2.45, 2.75) is 45.1 Å². The minimum atomic E-state index is -0.352. The van der Waals surface area contributed by atoms with Gasteiger partial charge in [-0.2, -0.15) is 0 Å². The number of piperazine rings is 1. The van der Waals surface area contributed by atoms with Gasteiger partial charge in [-0.05, 0) is 25.7 Å². The fourth-order valence-corrected chi connectivity index (χ4v) is 3.17. The van der Waals surface area contributed by atoms with Crippen LogP contribution in [0.1, 0.15) is 39.0 Å². The molecule has 112 valence electrons. The van der Waals surface area contributed by atoms with Crippen molar-refractivity contribution in [2.24, 2.45) is 11.7 Å². The zero-order valence-electron chi connectivity index (χ0n) is 12.0. The van der Waals surface area contributed by atoms with E-state index < -0.39 is 0 Å². The summed E-state index contributed by atoms with van der Waals surface area (Å²) in [4.78, 5) is 16.2. The lowest BCUT2D eigenvalue weighted by atomic mass is 9.89. The van der Waals surface area contributed by atoms with Crippen molar-refractivity contribution in [1.82, 2.24) is 9.80 Å². The van der Waals surface area contributed by atoms with E-state index in [0.29, 0.717) is 0 Å². The van der Waals surface area contributed by atoms with Crippen LogP contribution in [-0.2, 0) is 4.79 Å². The molecule has 2 aliphatic rings. The molecule has 19 heavy (non-hydrogen) atoms. The van der Waals surface area contributed by atoms with Crippen molar-refractivity contribution < 1.29 is 4.79 Å². The van der Waals surface area contributed by atoms with E-state index in [1.165, 1.54) is 38.6 Å². The maximum atomic E-state index is 11.8. The third kappa shape index (κ3) is 4.93. The van der Waals surface area contributed by atoms with E-state index in [9.17, 15) is 4.79 Å². The number of nitrogens with two attached hydrogens (primary N) is 1. The molecule has 0 aromatic carbocycles. The SMILES string of the molecule is CC(N)C(=O)N1CCN(CC2CCCCC2)CC1.Cl. The molecular weight excluding hydrogens is 262 g/mol. The van der Waals surface area contributed by atoms with Crippen LogP contribution in [0.3, 0.4) is 0 Å². The van der Waals surface area contributed by atoms with Crippen molar-refractivity contribution in [3.05, 3.63) is 0 Å². The molecule has 2 N–H and O–H groups in total. The summed E-state index contributed by atoms with van der Waals surface area (Å²) in [5.74, 6) is 1.00. The Balaban J connectivity index is 0.00000180. The quantitative estimate of drug-likeness (QED) is 0.856. The Bertz CT molecular complexity index is 272. The molecule has 0 aromatic heterocycles.